The van der Waals surface area contributed by atoms with Crippen molar-refractivity contribution in [2.45, 2.75) is 25.0 Å². The van der Waals surface area contributed by atoms with Gasteiger partial charge in [0.25, 0.3) is 5.91 Å². The zero-order valence-electron chi connectivity index (χ0n) is 15.8. The van der Waals surface area contributed by atoms with Gasteiger partial charge in [0.15, 0.2) is 5.13 Å². The second kappa shape index (κ2) is 8.53. The van der Waals surface area contributed by atoms with Crippen molar-refractivity contribution in [1.82, 2.24) is 9.88 Å². The SMILES string of the molecule is O=C(c1csc(NCc2ccccc2)n1)N1CCC(O)(c2ccc(Cl)cc2)CC1. The van der Waals surface area contributed by atoms with Gasteiger partial charge in [-0.3, -0.25) is 4.79 Å². The molecular formula is C22H22ClN3O2S. The summed E-state index contributed by atoms with van der Waals surface area (Å²) >= 11 is 7.37. The molecule has 1 saturated heterocycles. The number of anilines is 1. The van der Waals surface area contributed by atoms with Gasteiger partial charge in [0, 0.05) is 30.0 Å². The summed E-state index contributed by atoms with van der Waals surface area (Å²) in [5.41, 5.74) is 1.52. The molecule has 0 unspecified atom stereocenters. The number of likely N-dealkylation sites (tertiary alicyclic amines) is 1. The largest absolute Gasteiger partial charge is 0.385 e. The number of aromatic nitrogens is 1. The summed E-state index contributed by atoms with van der Waals surface area (Å²) in [6, 6.07) is 17.3. The molecule has 5 nitrogen and oxygen atoms in total. The number of hydrogen-bond acceptors (Lipinski definition) is 5. The van der Waals surface area contributed by atoms with E-state index in [0.717, 1.165) is 16.3 Å². The van der Waals surface area contributed by atoms with Crippen molar-refractivity contribution in [2.24, 2.45) is 0 Å². The van der Waals surface area contributed by atoms with E-state index >= 15 is 0 Å². The zero-order chi connectivity index (χ0) is 20.3. The summed E-state index contributed by atoms with van der Waals surface area (Å²) in [7, 11) is 0. The van der Waals surface area contributed by atoms with Gasteiger partial charge in [0.05, 0.1) is 5.60 Å². The highest BCUT2D eigenvalue weighted by molar-refractivity contribution is 7.13. The molecule has 2 heterocycles. The minimum atomic E-state index is -0.925. The fourth-order valence-corrected chi connectivity index (χ4v) is 4.33. The first-order valence-corrected chi connectivity index (χ1v) is 10.8. The van der Waals surface area contributed by atoms with Gasteiger partial charge >= 0.3 is 0 Å². The maximum atomic E-state index is 12.8. The third kappa shape index (κ3) is 4.61. The molecule has 0 bridgehead atoms. The highest BCUT2D eigenvalue weighted by atomic mass is 35.5. The van der Waals surface area contributed by atoms with E-state index in [9.17, 15) is 9.90 Å². The maximum absolute atomic E-state index is 12.8. The number of carbonyl (C=O) groups is 1. The van der Waals surface area contributed by atoms with Crippen LogP contribution < -0.4 is 5.32 Å². The van der Waals surface area contributed by atoms with Crippen LogP contribution in [0.15, 0.2) is 60.0 Å². The van der Waals surface area contributed by atoms with Gasteiger partial charge in [-0.2, -0.15) is 0 Å². The van der Waals surface area contributed by atoms with E-state index in [2.05, 4.69) is 10.3 Å². The molecule has 150 valence electrons. The highest BCUT2D eigenvalue weighted by Gasteiger charge is 2.36. The summed E-state index contributed by atoms with van der Waals surface area (Å²) in [4.78, 5) is 19.0. The van der Waals surface area contributed by atoms with Gasteiger partial charge < -0.3 is 15.3 Å². The molecular weight excluding hydrogens is 406 g/mol. The fraction of sp³-hybridized carbons (Fsp3) is 0.273. The first-order valence-electron chi connectivity index (χ1n) is 9.54. The molecule has 1 aromatic heterocycles. The van der Waals surface area contributed by atoms with Crippen LogP contribution in [0.4, 0.5) is 5.13 Å². The lowest BCUT2D eigenvalue weighted by Crippen LogP contribution is -2.45. The number of rotatable bonds is 5. The quantitative estimate of drug-likeness (QED) is 0.627. The van der Waals surface area contributed by atoms with E-state index in [4.69, 9.17) is 11.6 Å². The van der Waals surface area contributed by atoms with Crippen LogP contribution in [0.25, 0.3) is 0 Å². The van der Waals surface area contributed by atoms with E-state index < -0.39 is 5.60 Å². The molecule has 29 heavy (non-hydrogen) atoms. The average Bonchev–Trinajstić information content (AvgIpc) is 3.22. The van der Waals surface area contributed by atoms with E-state index in [-0.39, 0.29) is 5.91 Å². The standard InChI is InChI=1S/C22H22ClN3O2S/c23-18-8-6-17(7-9-18)22(28)10-12-26(13-11-22)20(27)19-15-29-21(25-19)24-14-16-4-2-1-3-5-16/h1-9,15,28H,10-14H2,(H,24,25). The van der Waals surface area contributed by atoms with E-state index in [1.807, 2.05) is 42.5 Å². The number of amides is 1. The van der Waals surface area contributed by atoms with E-state index in [1.54, 1.807) is 22.4 Å². The molecule has 0 spiro atoms. The molecule has 0 saturated carbocycles. The first-order chi connectivity index (χ1) is 14.0. The zero-order valence-corrected chi connectivity index (χ0v) is 17.4. The van der Waals surface area contributed by atoms with Gasteiger partial charge in [-0.25, -0.2) is 4.98 Å². The molecule has 1 amide bonds. The molecule has 0 aliphatic carbocycles. The van der Waals surface area contributed by atoms with Crippen molar-refractivity contribution in [1.29, 1.82) is 0 Å². The Hall–Kier alpha value is -2.41. The van der Waals surface area contributed by atoms with Crippen LogP contribution in [0.1, 0.15) is 34.5 Å². The summed E-state index contributed by atoms with van der Waals surface area (Å²) in [6.45, 7) is 1.64. The predicted molar refractivity (Wildman–Crippen MR) is 116 cm³/mol. The van der Waals surface area contributed by atoms with Crippen LogP contribution in [0.5, 0.6) is 0 Å². The second-order valence-corrected chi connectivity index (χ2v) is 8.50. The molecule has 0 radical (unpaired) electrons. The Bertz CT molecular complexity index is 967. The number of nitrogens with zero attached hydrogens (tertiary/aromatic N) is 2. The maximum Gasteiger partial charge on any atom is 0.273 e. The van der Waals surface area contributed by atoms with Gasteiger partial charge in [-0.1, -0.05) is 54.1 Å². The number of halogens is 1. The van der Waals surface area contributed by atoms with Crippen LogP contribution in [0.3, 0.4) is 0 Å². The molecule has 3 aromatic rings. The van der Waals surface area contributed by atoms with Crippen molar-refractivity contribution >= 4 is 34.0 Å². The Labute approximate surface area is 179 Å². The molecule has 4 rings (SSSR count). The van der Waals surface area contributed by atoms with E-state index in [1.165, 1.54) is 11.3 Å². The van der Waals surface area contributed by atoms with Gasteiger partial charge in [0.1, 0.15) is 5.69 Å². The Morgan fingerprint density at radius 1 is 1.14 bits per heavy atom. The third-order valence-corrected chi connectivity index (χ3v) is 6.32. The van der Waals surface area contributed by atoms with Crippen molar-refractivity contribution < 1.29 is 9.90 Å². The monoisotopic (exact) mass is 427 g/mol. The minimum Gasteiger partial charge on any atom is -0.385 e. The summed E-state index contributed by atoms with van der Waals surface area (Å²) in [5.74, 6) is -0.0906. The summed E-state index contributed by atoms with van der Waals surface area (Å²) in [5, 5.41) is 17.4. The van der Waals surface area contributed by atoms with Crippen molar-refractivity contribution in [3.8, 4) is 0 Å². The lowest BCUT2D eigenvalue weighted by atomic mass is 9.84. The Kier molecular flexibility index (Phi) is 5.85. The minimum absolute atomic E-state index is 0.0906. The molecule has 1 aliphatic rings. The van der Waals surface area contributed by atoms with E-state index in [0.29, 0.717) is 43.2 Å². The molecule has 2 N–H and O–H groups in total. The number of thiazole rings is 1. The second-order valence-electron chi connectivity index (χ2n) is 7.21. The Morgan fingerprint density at radius 3 is 2.52 bits per heavy atom. The van der Waals surface area contributed by atoms with Crippen LogP contribution >= 0.6 is 22.9 Å². The molecule has 0 atom stereocenters. The molecule has 1 aliphatic heterocycles. The van der Waals surface area contributed by atoms with Crippen molar-refractivity contribution in [2.75, 3.05) is 18.4 Å². The number of nitrogens with one attached hydrogen (secondary N) is 1. The number of piperidine rings is 1. The van der Waals surface area contributed by atoms with Gasteiger partial charge in [0.2, 0.25) is 0 Å². The summed E-state index contributed by atoms with van der Waals surface area (Å²) in [6.07, 6.45) is 0.979. The lowest BCUT2D eigenvalue weighted by Gasteiger charge is -2.38. The number of hydrogen-bond donors (Lipinski definition) is 2. The Balaban J connectivity index is 1.35. The van der Waals surface area contributed by atoms with Gasteiger partial charge in [-0.05, 0) is 36.1 Å². The highest BCUT2D eigenvalue weighted by Crippen LogP contribution is 2.34. The molecule has 1 fully saturated rings. The Morgan fingerprint density at radius 2 is 1.83 bits per heavy atom. The average molecular weight is 428 g/mol. The summed E-state index contributed by atoms with van der Waals surface area (Å²) < 4.78 is 0. The molecule has 7 heteroatoms. The number of aliphatic hydroxyl groups is 1. The van der Waals surface area contributed by atoms with Crippen LogP contribution in [-0.2, 0) is 12.1 Å². The fourth-order valence-electron chi connectivity index (χ4n) is 3.52. The predicted octanol–water partition coefficient (Wildman–Crippen LogP) is 4.53. The van der Waals surface area contributed by atoms with Crippen LogP contribution in [0.2, 0.25) is 5.02 Å². The van der Waals surface area contributed by atoms with Crippen LogP contribution in [-0.4, -0.2) is 34.0 Å². The normalized spacial score (nSPS) is 15.9. The smallest absolute Gasteiger partial charge is 0.273 e. The third-order valence-electron chi connectivity index (χ3n) is 5.27. The molecule has 2 aromatic carbocycles. The van der Waals surface area contributed by atoms with Crippen LogP contribution in [0, 0.1) is 0 Å². The van der Waals surface area contributed by atoms with Gasteiger partial charge in [-0.15, -0.1) is 11.3 Å². The van der Waals surface area contributed by atoms with Crippen molar-refractivity contribution in [3.05, 3.63) is 81.8 Å². The first kappa shape index (κ1) is 19.9. The topological polar surface area (TPSA) is 65.5 Å². The lowest BCUT2D eigenvalue weighted by molar-refractivity contribution is -0.0212. The number of carbonyl (C=O) groups excluding carboxylic acids is 1. The number of benzene rings is 2. The van der Waals surface area contributed by atoms with Crippen molar-refractivity contribution in [3.63, 3.8) is 0 Å².